The molecular weight excluding hydrogens is 382 g/mol. The summed E-state index contributed by atoms with van der Waals surface area (Å²) < 4.78 is 13.8. The average molecular weight is 416 g/mol. The number of aryl methyl sites for hydroxylation is 1. The fourth-order valence-corrected chi connectivity index (χ4v) is 4.19. The molecule has 158 valence electrons. The van der Waals surface area contributed by atoms with Crippen LogP contribution in [0.2, 0.25) is 25.7 Å². The number of Topliss-reactive ketones (excluding diaryl/α,β-unsaturated/α-hetero) is 1. The normalized spacial score (nSPS) is 15.8. The molecule has 0 amide bonds. The van der Waals surface area contributed by atoms with E-state index in [9.17, 15) is 4.79 Å². The first kappa shape index (κ1) is 21.9. The molecule has 1 saturated carbocycles. The molecule has 6 nitrogen and oxygen atoms in total. The maximum absolute atomic E-state index is 11.4. The van der Waals surface area contributed by atoms with Crippen LogP contribution in [0.1, 0.15) is 36.9 Å². The standard InChI is InChI=1S/C22H33N3O3Si/c1-17-14-25(16-27-12-13-29(2,3)4)24-22(17)20-6-5-11-23-21(20)15-28-19-9-7-18(26)8-10-19/h5-6,11,14,19H,7-10,12-13,15-16H2,1-4H3. The zero-order valence-corrected chi connectivity index (χ0v) is 19.1. The molecule has 7 heteroatoms. The highest BCUT2D eigenvalue weighted by Gasteiger charge is 2.20. The summed E-state index contributed by atoms with van der Waals surface area (Å²) in [6, 6.07) is 5.12. The van der Waals surface area contributed by atoms with Crippen LogP contribution in [0.15, 0.2) is 24.5 Å². The molecular formula is C22H33N3O3Si. The lowest BCUT2D eigenvalue weighted by molar-refractivity contribution is -0.123. The highest BCUT2D eigenvalue weighted by molar-refractivity contribution is 6.76. The van der Waals surface area contributed by atoms with Crippen molar-refractivity contribution in [3.8, 4) is 11.3 Å². The van der Waals surface area contributed by atoms with E-state index in [-0.39, 0.29) is 6.10 Å². The third-order valence-corrected chi connectivity index (χ3v) is 6.96. The Morgan fingerprint density at radius 1 is 1.24 bits per heavy atom. The first-order valence-corrected chi connectivity index (χ1v) is 14.2. The highest BCUT2D eigenvalue weighted by Crippen LogP contribution is 2.26. The summed E-state index contributed by atoms with van der Waals surface area (Å²) in [5.74, 6) is 0.344. The van der Waals surface area contributed by atoms with Crippen LogP contribution in [0.5, 0.6) is 0 Å². The largest absolute Gasteiger partial charge is 0.372 e. The zero-order valence-electron chi connectivity index (χ0n) is 18.1. The van der Waals surface area contributed by atoms with Gasteiger partial charge in [0.05, 0.1) is 24.1 Å². The second-order valence-electron chi connectivity index (χ2n) is 9.09. The Morgan fingerprint density at radius 2 is 2.00 bits per heavy atom. The van der Waals surface area contributed by atoms with Crippen molar-refractivity contribution in [3.05, 3.63) is 35.8 Å². The van der Waals surface area contributed by atoms with Crippen LogP contribution in [0.4, 0.5) is 0 Å². The maximum atomic E-state index is 11.4. The van der Waals surface area contributed by atoms with Gasteiger partial charge >= 0.3 is 0 Å². The summed E-state index contributed by atoms with van der Waals surface area (Å²) in [6.45, 7) is 10.8. The van der Waals surface area contributed by atoms with Gasteiger partial charge in [-0.3, -0.25) is 9.78 Å². The van der Waals surface area contributed by atoms with Gasteiger partial charge in [0, 0.05) is 45.5 Å². The fraction of sp³-hybridized carbons (Fsp3) is 0.591. The molecule has 0 aliphatic heterocycles. The number of rotatable bonds is 9. The Balaban J connectivity index is 1.63. The number of nitrogens with zero attached hydrogens (tertiary/aromatic N) is 3. The van der Waals surface area contributed by atoms with Gasteiger partial charge in [0.25, 0.3) is 0 Å². The molecule has 2 aromatic rings. The van der Waals surface area contributed by atoms with E-state index in [4.69, 9.17) is 14.6 Å². The van der Waals surface area contributed by atoms with E-state index in [1.54, 1.807) is 6.20 Å². The minimum Gasteiger partial charge on any atom is -0.372 e. The molecule has 1 fully saturated rings. The molecule has 29 heavy (non-hydrogen) atoms. The summed E-state index contributed by atoms with van der Waals surface area (Å²) in [4.78, 5) is 16.0. The quantitative estimate of drug-likeness (QED) is 0.442. The second-order valence-corrected chi connectivity index (χ2v) is 14.7. The molecule has 2 heterocycles. The number of ketones is 1. The van der Waals surface area contributed by atoms with Crippen molar-refractivity contribution in [3.63, 3.8) is 0 Å². The minimum absolute atomic E-state index is 0.140. The van der Waals surface area contributed by atoms with Gasteiger partial charge in [0.2, 0.25) is 0 Å². The SMILES string of the molecule is Cc1cn(COCC[Si](C)(C)C)nc1-c1cccnc1COC1CCC(=O)CC1. The molecule has 0 radical (unpaired) electrons. The number of carbonyl (C=O) groups is 1. The van der Waals surface area contributed by atoms with Gasteiger partial charge in [0.1, 0.15) is 12.5 Å². The van der Waals surface area contributed by atoms with Crippen LogP contribution in [-0.2, 0) is 27.6 Å². The van der Waals surface area contributed by atoms with Gasteiger partial charge in [-0.1, -0.05) is 19.6 Å². The Hall–Kier alpha value is -1.83. The van der Waals surface area contributed by atoms with E-state index in [1.807, 2.05) is 23.0 Å². The number of aromatic nitrogens is 3. The van der Waals surface area contributed by atoms with Crippen molar-refractivity contribution < 1.29 is 14.3 Å². The van der Waals surface area contributed by atoms with E-state index in [1.165, 1.54) is 0 Å². The van der Waals surface area contributed by atoms with Crippen molar-refractivity contribution in [2.75, 3.05) is 6.61 Å². The van der Waals surface area contributed by atoms with Gasteiger partial charge in [-0.15, -0.1) is 0 Å². The number of ether oxygens (including phenoxy) is 2. The summed E-state index contributed by atoms with van der Waals surface area (Å²) in [7, 11) is -1.08. The first-order chi connectivity index (χ1) is 13.8. The van der Waals surface area contributed by atoms with Crippen molar-refractivity contribution in [1.29, 1.82) is 0 Å². The lowest BCUT2D eigenvalue weighted by atomic mass is 9.96. The van der Waals surface area contributed by atoms with E-state index >= 15 is 0 Å². The van der Waals surface area contributed by atoms with E-state index in [0.29, 0.717) is 32.0 Å². The van der Waals surface area contributed by atoms with Gasteiger partial charge in [-0.25, -0.2) is 4.68 Å². The van der Waals surface area contributed by atoms with Gasteiger partial charge in [-0.2, -0.15) is 5.10 Å². The lowest BCUT2D eigenvalue weighted by Crippen LogP contribution is -2.22. The average Bonchev–Trinajstić information content (AvgIpc) is 3.05. The molecule has 1 aliphatic carbocycles. The van der Waals surface area contributed by atoms with Gasteiger partial charge in [0.15, 0.2) is 0 Å². The summed E-state index contributed by atoms with van der Waals surface area (Å²) in [5, 5.41) is 4.74. The zero-order chi connectivity index (χ0) is 20.9. The third kappa shape index (κ3) is 6.59. The summed E-state index contributed by atoms with van der Waals surface area (Å²) >= 11 is 0. The van der Waals surface area contributed by atoms with Crippen molar-refractivity contribution >= 4 is 13.9 Å². The lowest BCUT2D eigenvalue weighted by Gasteiger charge is -2.21. The topological polar surface area (TPSA) is 66.2 Å². The Bertz CT molecular complexity index is 819. The maximum Gasteiger partial charge on any atom is 0.139 e. The predicted molar refractivity (Wildman–Crippen MR) is 116 cm³/mol. The molecule has 0 saturated heterocycles. The van der Waals surface area contributed by atoms with Crippen molar-refractivity contribution in [2.45, 2.75) is 77.7 Å². The fourth-order valence-electron chi connectivity index (χ4n) is 3.44. The second kappa shape index (κ2) is 9.78. The van der Waals surface area contributed by atoms with Crippen LogP contribution < -0.4 is 0 Å². The molecule has 0 bridgehead atoms. The van der Waals surface area contributed by atoms with E-state index in [0.717, 1.165) is 48.0 Å². The van der Waals surface area contributed by atoms with Crippen LogP contribution in [0, 0.1) is 6.92 Å². The number of pyridine rings is 1. The van der Waals surface area contributed by atoms with Crippen LogP contribution in [0.25, 0.3) is 11.3 Å². The number of carbonyl (C=O) groups excluding carboxylic acids is 1. The molecule has 0 atom stereocenters. The molecule has 0 unspecified atom stereocenters. The van der Waals surface area contributed by atoms with Crippen molar-refractivity contribution in [2.24, 2.45) is 0 Å². The smallest absolute Gasteiger partial charge is 0.139 e. The van der Waals surface area contributed by atoms with E-state index in [2.05, 4.69) is 31.5 Å². The summed E-state index contributed by atoms with van der Waals surface area (Å²) in [5.41, 5.74) is 3.90. The molecule has 0 spiro atoms. The Morgan fingerprint density at radius 3 is 2.72 bits per heavy atom. The highest BCUT2D eigenvalue weighted by atomic mass is 28.3. The number of hydrogen-bond donors (Lipinski definition) is 0. The van der Waals surface area contributed by atoms with Gasteiger partial charge < -0.3 is 9.47 Å². The van der Waals surface area contributed by atoms with Crippen LogP contribution in [-0.4, -0.2) is 41.3 Å². The van der Waals surface area contributed by atoms with Crippen LogP contribution in [0.3, 0.4) is 0 Å². The monoisotopic (exact) mass is 415 g/mol. The first-order valence-electron chi connectivity index (χ1n) is 10.5. The third-order valence-electron chi connectivity index (χ3n) is 5.26. The molecule has 2 aromatic heterocycles. The minimum atomic E-state index is -1.08. The molecule has 0 N–H and O–H groups in total. The van der Waals surface area contributed by atoms with E-state index < -0.39 is 8.07 Å². The van der Waals surface area contributed by atoms with Crippen molar-refractivity contribution in [1.82, 2.24) is 14.8 Å². The Kier molecular flexibility index (Phi) is 7.37. The predicted octanol–water partition coefficient (Wildman–Crippen LogP) is 4.59. The molecule has 0 aromatic carbocycles. The Labute approximate surface area is 174 Å². The summed E-state index contributed by atoms with van der Waals surface area (Å²) in [6.07, 6.45) is 6.82. The van der Waals surface area contributed by atoms with Crippen LogP contribution >= 0.6 is 0 Å². The number of hydrogen-bond acceptors (Lipinski definition) is 5. The molecule has 3 rings (SSSR count). The van der Waals surface area contributed by atoms with Gasteiger partial charge in [-0.05, 0) is 43.5 Å². The molecule has 1 aliphatic rings.